The van der Waals surface area contributed by atoms with Gasteiger partial charge in [0.25, 0.3) is 0 Å². The lowest BCUT2D eigenvalue weighted by Crippen LogP contribution is -2.24. The first-order valence-corrected chi connectivity index (χ1v) is 17.2. The first kappa shape index (κ1) is 26.6. The summed E-state index contributed by atoms with van der Waals surface area (Å²) in [6.07, 6.45) is 7.88. The van der Waals surface area contributed by atoms with Gasteiger partial charge in [-0.05, 0) is 55.8 Å². The summed E-state index contributed by atoms with van der Waals surface area (Å²) in [5, 5.41) is 13.2. The van der Waals surface area contributed by atoms with Gasteiger partial charge in [0.1, 0.15) is 23.9 Å². The van der Waals surface area contributed by atoms with Gasteiger partial charge in [0, 0.05) is 50.5 Å². The molecule has 2 fully saturated rings. The Morgan fingerprint density at radius 2 is 2.05 bits per heavy atom. The third-order valence-corrected chi connectivity index (χ3v) is 9.08. The van der Waals surface area contributed by atoms with Gasteiger partial charge in [0.2, 0.25) is 11.8 Å². The summed E-state index contributed by atoms with van der Waals surface area (Å²) in [5.41, 5.74) is 2.37. The molecule has 2 atom stereocenters. The molecule has 10 heteroatoms. The normalized spacial score (nSPS) is 19.3. The molecule has 0 saturated heterocycles. The highest BCUT2D eigenvalue weighted by atomic mass is 28.3. The van der Waals surface area contributed by atoms with Crippen LogP contribution in [0.5, 0.6) is 11.6 Å². The van der Waals surface area contributed by atoms with E-state index in [1.54, 1.807) is 13.3 Å². The van der Waals surface area contributed by atoms with Crippen LogP contribution in [0.2, 0.25) is 25.7 Å². The van der Waals surface area contributed by atoms with Crippen molar-refractivity contribution in [3.05, 3.63) is 30.6 Å². The number of hydrogen-bond acceptors (Lipinski definition) is 7. The maximum absolute atomic E-state index is 12.6. The molecule has 1 amide bonds. The Morgan fingerprint density at radius 1 is 1.24 bits per heavy atom. The van der Waals surface area contributed by atoms with Crippen LogP contribution in [0.25, 0.3) is 22.2 Å². The molecular weight excluding hydrogens is 500 g/mol. The number of methoxy groups -OCH3 is 1. The topological polar surface area (TPSA) is 108 Å². The van der Waals surface area contributed by atoms with Crippen LogP contribution in [-0.2, 0) is 16.3 Å². The SMILES string of the molecule is COc1nccc(OC2CCC2)c1-c1cn(COCC[Si](C)(C)C)c2nc(NC(=O)[C@@H]3C[C@H]3CO)ccc12. The van der Waals surface area contributed by atoms with Gasteiger partial charge in [0.15, 0.2) is 0 Å². The van der Waals surface area contributed by atoms with Crippen molar-refractivity contribution in [2.75, 3.05) is 25.6 Å². The number of nitrogens with one attached hydrogen (secondary N) is 1. The average molecular weight is 539 g/mol. The highest BCUT2D eigenvalue weighted by Gasteiger charge is 2.42. The molecule has 3 aromatic rings. The Morgan fingerprint density at radius 3 is 2.71 bits per heavy atom. The van der Waals surface area contributed by atoms with Crippen LogP contribution in [0.15, 0.2) is 30.6 Å². The first-order chi connectivity index (χ1) is 18.3. The zero-order chi connectivity index (χ0) is 26.9. The minimum absolute atomic E-state index is 0.0315. The lowest BCUT2D eigenvalue weighted by molar-refractivity contribution is -0.117. The molecule has 0 unspecified atom stereocenters. The average Bonchev–Trinajstić information content (AvgIpc) is 3.58. The van der Waals surface area contributed by atoms with Crippen molar-refractivity contribution in [2.24, 2.45) is 11.8 Å². The van der Waals surface area contributed by atoms with Crippen molar-refractivity contribution in [2.45, 2.75) is 64.2 Å². The number of amides is 1. The first-order valence-electron chi connectivity index (χ1n) is 13.5. The van der Waals surface area contributed by atoms with E-state index in [1.807, 2.05) is 29.0 Å². The number of rotatable bonds is 12. The largest absolute Gasteiger partial charge is 0.490 e. The van der Waals surface area contributed by atoms with Crippen molar-refractivity contribution in [1.82, 2.24) is 14.5 Å². The fourth-order valence-corrected chi connectivity index (χ4v) is 5.41. The number of fused-ring (bicyclic) bond motifs is 1. The van der Waals surface area contributed by atoms with Crippen LogP contribution < -0.4 is 14.8 Å². The van der Waals surface area contributed by atoms with Crippen LogP contribution in [0.3, 0.4) is 0 Å². The van der Waals surface area contributed by atoms with Crippen LogP contribution >= 0.6 is 0 Å². The van der Waals surface area contributed by atoms with Crippen molar-refractivity contribution in [3.8, 4) is 22.8 Å². The van der Waals surface area contributed by atoms with E-state index in [-0.39, 0.29) is 30.5 Å². The third kappa shape index (κ3) is 5.87. The van der Waals surface area contributed by atoms with Crippen LogP contribution in [-0.4, -0.2) is 60.1 Å². The smallest absolute Gasteiger partial charge is 0.229 e. The number of carbonyl (C=O) groups is 1. The second kappa shape index (κ2) is 11.0. The molecule has 3 aromatic heterocycles. The number of pyridine rings is 2. The number of aromatic nitrogens is 3. The van der Waals surface area contributed by atoms with Gasteiger partial charge in [-0.25, -0.2) is 9.97 Å². The number of hydrogen-bond donors (Lipinski definition) is 2. The molecule has 3 heterocycles. The number of aliphatic hydroxyl groups excluding tert-OH is 1. The highest BCUT2D eigenvalue weighted by Crippen LogP contribution is 2.43. The van der Waals surface area contributed by atoms with Gasteiger partial charge in [-0.2, -0.15) is 0 Å². The summed E-state index contributed by atoms with van der Waals surface area (Å²) in [4.78, 5) is 21.9. The molecular formula is C28H38N4O5Si. The fourth-order valence-electron chi connectivity index (χ4n) is 4.66. The second-order valence-corrected chi connectivity index (χ2v) is 17.2. The molecule has 2 aliphatic carbocycles. The van der Waals surface area contributed by atoms with Crippen molar-refractivity contribution in [3.63, 3.8) is 0 Å². The number of carbonyl (C=O) groups excluding carboxylic acids is 1. The van der Waals surface area contributed by atoms with E-state index >= 15 is 0 Å². The lowest BCUT2D eigenvalue weighted by atomic mass is 9.96. The zero-order valence-corrected chi connectivity index (χ0v) is 23.7. The van der Waals surface area contributed by atoms with E-state index in [2.05, 4.69) is 29.9 Å². The summed E-state index contributed by atoms with van der Waals surface area (Å²) in [5.74, 6) is 1.48. The molecule has 2 aliphatic rings. The van der Waals surface area contributed by atoms with E-state index in [0.29, 0.717) is 37.1 Å². The molecule has 9 nitrogen and oxygen atoms in total. The zero-order valence-electron chi connectivity index (χ0n) is 22.7. The minimum Gasteiger partial charge on any atom is -0.490 e. The molecule has 0 aliphatic heterocycles. The van der Waals surface area contributed by atoms with Crippen molar-refractivity contribution >= 4 is 30.8 Å². The molecule has 2 saturated carbocycles. The van der Waals surface area contributed by atoms with Crippen molar-refractivity contribution < 1.29 is 24.1 Å². The monoisotopic (exact) mass is 538 g/mol. The van der Waals surface area contributed by atoms with Gasteiger partial charge in [-0.15, -0.1) is 0 Å². The second-order valence-electron chi connectivity index (χ2n) is 11.6. The maximum Gasteiger partial charge on any atom is 0.229 e. The van der Waals surface area contributed by atoms with Gasteiger partial charge in [-0.1, -0.05) is 19.6 Å². The Balaban J connectivity index is 1.50. The number of ether oxygens (including phenoxy) is 3. The Hall–Kier alpha value is -2.95. The molecule has 0 bridgehead atoms. The number of anilines is 1. The minimum atomic E-state index is -1.23. The van der Waals surface area contributed by atoms with E-state index in [9.17, 15) is 9.90 Å². The number of aliphatic hydroxyl groups is 1. The van der Waals surface area contributed by atoms with Crippen molar-refractivity contribution in [1.29, 1.82) is 0 Å². The predicted molar refractivity (Wildman–Crippen MR) is 149 cm³/mol. The molecule has 204 valence electrons. The van der Waals surface area contributed by atoms with Crippen LogP contribution in [0, 0.1) is 11.8 Å². The van der Waals surface area contributed by atoms with E-state index in [4.69, 9.17) is 19.2 Å². The number of nitrogens with zero attached hydrogens (tertiary/aromatic N) is 3. The third-order valence-electron chi connectivity index (χ3n) is 7.38. The fraction of sp³-hybridized carbons (Fsp3) is 0.536. The Kier molecular flexibility index (Phi) is 7.74. The van der Waals surface area contributed by atoms with E-state index in [0.717, 1.165) is 41.1 Å². The van der Waals surface area contributed by atoms with E-state index < -0.39 is 8.07 Å². The standard InChI is InChI=1S/C28H38N4O5Si/c1-35-28-25(23(10-11-29-28)37-19-6-5-7-19)22-15-32(17-36-12-13-38(2,3)4)26-20(22)8-9-24(30-26)31-27(34)21-14-18(21)16-33/h8-11,15,18-19,21,33H,5-7,12-14,16-17H2,1-4H3,(H,30,31,34)/t18-,21+/m0/s1. The predicted octanol–water partition coefficient (Wildman–Crippen LogP) is 4.92. The Labute approximate surface area is 224 Å². The van der Waals surface area contributed by atoms with E-state index in [1.165, 1.54) is 6.42 Å². The molecule has 0 radical (unpaired) electrons. The molecule has 0 aromatic carbocycles. The lowest BCUT2D eigenvalue weighted by Gasteiger charge is -2.27. The summed E-state index contributed by atoms with van der Waals surface area (Å²) >= 11 is 0. The summed E-state index contributed by atoms with van der Waals surface area (Å²) in [6.45, 7) is 8.03. The Bertz CT molecular complexity index is 1300. The summed E-state index contributed by atoms with van der Waals surface area (Å²) in [6, 6.07) is 6.73. The van der Waals surface area contributed by atoms with Crippen LogP contribution in [0.4, 0.5) is 5.82 Å². The van der Waals surface area contributed by atoms with Gasteiger partial charge in [0.05, 0.1) is 18.8 Å². The summed E-state index contributed by atoms with van der Waals surface area (Å²) in [7, 11) is 0.384. The molecule has 0 spiro atoms. The summed E-state index contributed by atoms with van der Waals surface area (Å²) < 4.78 is 20.1. The maximum atomic E-state index is 12.6. The molecule has 5 rings (SSSR count). The van der Waals surface area contributed by atoms with Gasteiger partial charge >= 0.3 is 0 Å². The quantitative estimate of drug-likeness (QED) is 0.249. The molecule has 2 N–H and O–H groups in total. The molecule has 38 heavy (non-hydrogen) atoms. The van der Waals surface area contributed by atoms with Gasteiger partial charge < -0.3 is 29.2 Å². The van der Waals surface area contributed by atoms with Gasteiger partial charge in [-0.3, -0.25) is 4.79 Å². The van der Waals surface area contributed by atoms with Crippen LogP contribution in [0.1, 0.15) is 25.7 Å². The highest BCUT2D eigenvalue weighted by molar-refractivity contribution is 6.76.